The number of benzene rings is 2. The molecule has 5 rings (SSSR count). The predicted molar refractivity (Wildman–Crippen MR) is 162 cm³/mol. The van der Waals surface area contributed by atoms with Crippen LogP contribution in [0.3, 0.4) is 0 Å². The van der Waals surface area contributed by atoms with Crippen LogP contribution in [0.1, 0.15) is 36.5 Å². The molecule has 222 valence electrons. The Hall–Kier alpha value is -3.89. The van der Waals surface area contributed by atoms with Crippen molar-refractivity contribution in [2.75, 3.05) is 58.3 Å². The van der Waals surface area contributed by atoms with E-state index in [1.54, 1.807) is 17.6 Å². The minimum atomic E-state index is -0.650. The molecule has 1 aromatic heterocycles. The van der Waals surface area contributed by atoms with Crippen LogP contribution in [0.2, 0.25) is 0 Å². The van der Waals surface area contributed by atoms with Gasteiger partial charge < -0.3 is 14.5 Å². The van der Waals surface area contributed by atoms with Gasteiger partial charge in [0.2, 0.25) is 0 Å². The van der Waals surface area contributed by atoms with Crippen molar-refractivity contribution < 1.29 is 13.9 Å². The molecule has 2 aliphatic rings. The van der Waals surface area contributed by atoms with E-state index < -0.39 is 11.8 Å². The summed E-state index contributed by atoms with van der Waals surface area (Å²) in [5, 5.41) is 0. The molecule has 1 fully saturated rings. The lowest BCUT2D eigenvalue weighted by Gasteiger charge is -2.39. The van der Waals surface area contributed by atoms with Gasteiger partial charge in [0.15, 0.2) is 0 Å². The molecule has 3 heterocycles. The van der Waals surface area contributed by atoms with Gasteiger partial charge in [0.25, 0.3) is 0 Å². The van der Waals surface area contributed by atoms with Gasteiger partial charge in [-0.3, -0.25) is 14.3 Å². The Morgan fingerprint density at radius 1 is 1.05 bits per heavy atom. The largest absolute Gasteiger partial charge is 0.465 e. The third-order valence-corrected chi connectivity index (χ3v) is 8.04. The van der Waals surface area contributed by atoms with Gasteiger partial charge in [0, 0.05) is 68.6 Å². The third-order valence-electron chi connectivity index (χ3n) is 8.04. The normalized spacial score (nSPS) is 19.0. The number of aliphatic imine (C=N–C) groups is 1. The number of esters is 1. The summed E-state index contributed by atoms with van der Waals surface area (Å²) in [6.07, 6.45) is 0. The van der Waals surface area contributed by atoms with E-state index in [1.807, 2.05) is 68.4 Å². The monoisotopic (exact) mass is 574 g/mol. The average Bonchev–Trinajstić information content (AvgIpc) is 2.98. The zero-order chi connectivity index (χ0) is 29.8. The molecule has 1 saturated heterocycles. The number of aromatic nitrogens is 2. The van der Waals surface area contributed by atoms with E-state index in [0.29, 0.717) is 68.7 Å². The summed E-state index contributed by atoms with van der Waals surface area (Å²) < 4.78 is 21.5. The molecule has 2 atom stereocenters. The number of fused-ring (bicyclic) bond motifs is 1. The molecule has 0 aliphatic carbocycles. The molecule has 0 N–H and O–H groups in total. The van der Waals surface area contributed by atoms with Gasteiger partial charge in [-0.15, -0.1) is 0 Å². The fraction of sp³-hybridized carbons (Fsp3) is 0.438. The van der Waals surface area contributed by atoms with Crippen LogP contribution in [-0.2, 0) is 22.6 Å². The molecular weight excluding hydrogens is 535 g/mol. The van der Waals surface area contributed by atoms with Crippen molar-refractivity contribution in [3.8, 4) is 0 Å². The SMILES string of the molecule is CCOC(=O)C1C(C)=Nc2c(c(N3CCN(Cc4ccccc4F)CC3)nc(=O)n2CCN(C)C)C1c1ccccc1. The predicted octanol–water partition coefficient (Wildman–Crippen LogP) is 3.68. The Bertz CT molecular complexity index is 1500. The molecule has 0 bridgehead atoms. The second kappa shape index (κ2) is 13.0. The number of rotatable bonds is 9. The summed E-state index contributed by atoms with van der Waals surface area (Å²) >= 11 is 0. The highest BCUT2D eigenvalue weighted by Crippen LogP contribution is 2.46. The van der Waals surface area contributed by atoms with Gasteiger partial charge in [-0.2, -0.15) is 4.98 Å². The number of carbonyl (C=O) groups excluding carboxylic acids is 1. The van der Waals surface area contributed by atoms with Crippen molar-refractivity contribution in [3.63, 3.8) is 0 Å². The highest BCUT2D eigenvalue weighted by Gasteiger charge is 2.43. The Morgan fingerprint density at radius 3 is 2.40 bits per heavy atom. The van der Waals surface area contributed by atoms with Crippen LogP contribution in [0, 0.1) is 11.7 Å². The van der Waals surface area contributed by atoms with Gasteiger partial charge >= 0.3 is 11.7 Å². The summed E-state index contributed by atoms with van der Waals surface area (Å²) in [6, 6.07) is 16.7. The first-order valence-electron chi connectivity index (χ1n) is 14.6. The summed E-state index contributed by atoms with van der Waals surface area (Å²) in [5.74, 6) is -0.523. The van der Waals surface area contributed by atoms with E-state index in [4.69, 9.17) is 9.73 Å². The van der Waals surface area contributed by atoms with Crippen LogP contribution in [0.25, 0.3) is 0 Å². The number of piperazine rings is 1. The number of likely N-dealkylation sites (N-methyl/N-ethyl adjacent to an activating group) is 1. The van der Waals surface area contributed by atoms with Gasteiger partial charge in [0.05, 0.1) is 6.61 Å². The van der Waals surface area contributed by atoms with Crippen molar-refractivity contribution in [2.24, 2.45) is 10.9 Å². The molecule has 0 saturated carbocycles. The van der Waals surface area contributed by atoms with E-state index in [2.05, 4.69) is 14.8 Å². The number of ether oxygens (including phenoxy) is 1. The molecule has 0 spiro atoms. The standard InChI is InChI=1S/C32H39FN6O3/c1-5-42-31(40)26-22(2)34-30-28(27(26)23-11-7-6-8-12-23)29(35-32(41)39(30)20-15-36(3)4)38-18-16-37(17-19-38)21-24-13-9-10-14-25(24)33/h6-14,26-27H,5,15-21H2,1-4H3. The van der Waals surface area contributed by atoms with E-state index in [9.17, 15) is 14.0 Å². The minimum absolute atomic E-state index is 0.207. The summed E-state index contributed by atoms with van der Waals surface area (Å²) in [4.78, 5) is 42.9. The fourth-order valence-electron chi connectivity index (χ4n) is 5.88. The Balaban J connectivity index is 1.58. The molecule has 2 aliphatic heterocycles. The first-order chi connectivity index (χ1) is 20.3. The Labute approximate surface area is 246 Å². The number of hydrogen-bond acceptors (Lipinski definition) is 8. The van der Waals surface area contributed by atoms with Gasteiger partial charge in [-0.05, 0) is 39.6 Å². The molecular formula is C32H39FN6O3. The van der Waals surface area contributed by atoms with Crippen molar-refractivity contribution in [2.45, 2.75) is 32.9 Å². The topological polar surface area (TPSA) is 83.3 Å². The molecule has 42 heavy (non-hydrogen) atoms. The van der Waals surface area contributed by atoms with E-state index in [1.165, 1.54) is 6.07 Å². The lowest BCUT2D eigenvalue weighted by Crippen LogP contribution is -2.48. The third kappa shape index (κ3) is 6.15. The number of halogens is 1. The lowest BCUT2D eigenvalue weighted by atomic mass is 9.76. The zero-order valence-electron chi connectivity index (χ0n) is 24.8. The second-order valence-electron chi connectivity index (χ2n) is 11.1. The lowest BCUT2D eigenvalue weighted by molar-refractivity contribution is -0.146. The quantitative estimate of drug-likeness (QED) is 0.361. The Kier molecular flexibility index (Phi) is 9.13. The number of hydrogen-bond donors (Lipinski definition) is 0. The van der Waals surface area contributed by atoms with Crippen LogP contribution in [0.15, 0.2) is 64.4 Å². The maximum absolute atomic E-state index is 14.3. The molecule has 3 aromatic rings. The zero-order valence-corrected chi connectivity index (χ0v) is 24.8. The van der Waals surface area contributed by atoms with Crippen LogP contribution < -0.4 is 10.6 Å². The molecule has 2 aromatic carbocycles. The van der Waals surface area contributed by atoms with E-state index >= 15 is 0 Å². The van der Waals surface area contributed by atoms with Crippen LogP contribution in [-0.4, -0.2) is 84.5 Å². The summed E-state index contributed by atoms with van der Waals surface area (Å²) in [7, 11) is 3.91. The molecule has 10 heteroatoms. The Morgan fingerprint density at radius 2 is 1.74 bits per heavy atom. The highest BCUT2D eigenvalue weighted by atomic mass is 19.1. The molecule has 0 amide bonds. The number of anilines is 1. The fourth-order valence-corrected chi connectivity index (χ4v) is 5.88. The van der Waals surface area contributed by atoms with Gasteiger partial charge in [-0.25, -0.2) is 14.2 Å². The van der Waals surface area contributed by atoms with Crippen molar-refractivity contribution >= 4 is 23.3 Å². The second-order valence-corrected chi connectivity index (χ2v) is 11.1. The maximum atomic E-state index is 14.3. The van der Waals surface area contributed by atoms with Crippen LogP contribution >= 0.6 is 0 Å². The first kappa shape index (κ1) is 29.6. The molecule has 2 unspecified atom stereocenters. The summed E-state index contributed by atoms with van der Waals surface area (Å²) in [5.41, 5.74) is 2.61. The smallest absolute Gasteiger partial charge is 0.351 e. The number of carbonyl (C=O) groups is 1. The van der Waals surface area contributed by atoms with Crippen molar-refractivity contribution in [1.82, 2.24) is 19.4 Å². The summed E-state index contributed by atoms with van der Waals surface area (Å²) in [6.45, 7) is 8.00. The first-order valence-corrected chi connectivity index (χ1v) is 14.6. The maximum Gasteiger partial charge on any atom is 0.351 e. The van der Waals surface area contributed by atoms with E-state index in [0.717, 1.165) is 11.1 Å². The van der Waals surface area contributed by atoms with Crippen LogP contribution in [0.5, 0.6) is 0 Å². The van der Waals surface area contributed by atoms with Gasteiger partial charge in [-0.1, -0.05) is 48.5 Å². The number of nitrogens with zero attached hydrogens (tertiary/aromatic N) is 6. The van der Waals surface area contributed by atoms with Crippen LogP contribution in [0.4, 0.5) is 16.0 Å². The minimum Gasteiger partial charge on any atom is -0.465 e. The average molecular weight is 575 g/mol. The van der Waals surface area contributed by atoms with Gasteiger partial charge in [0.1, 0.15) is 23.4 Å². The molecule has 9 nitrogen and oxygen atoms in total. The van der Waals surface area contributed by atoms with Crippen molar-refractivity contribution in [1.29, 1.82) is 0 Å². The van der Waals surface area contributed by atoms with Crippen molar-refractivity contribution in [3.05, 3.63) is 87.6 Å². The van der Waals surface area contributed by atoms with E-state index in [-0.39, 0.29) is 24.1 Å². The highest BCUT2D eigenvalue weighted by molar-refractivity contribution is 6.05. The molecule has 0 radical (unpaired) electrons.